The van der Waals surface area contributed by atoms with Crippen LogP contribution in [0, 0.1) is 12.8 Å². The minimum atomic E-state index is -0.143. The molecule has 3 heteroatoms. The molecule has 1 aromatic rings. The molecule has 0 aliphatic heterocycles. The number of hydrogen-bond donors (Lipinski definition) is 1. The number of terminal acetylenes is 1. The van der Waals surface area contributed by atoms with Crippen molar-refractivity contribution < 1.29 is 4.74 Å². The van der Waals surface area contributed by atoms with Crippen LogP contribution in [0.25, 0.3) is 0 Å². The van der Waals surface area contributed by atoms with Crippen LogP contribution in [-0.4, -0.2) is 18.2 Å². The molecule has 1 rings (SSSR count). The Morgan fingerprint density at radius 3 is 2.53 bits per heavy atom. The molecule has 0 atom stereocenters. The topological polar surface area (TPSA) is 42.1 Å². The second-order valence-electron chi connectivity index (χ2n) is 4.37. The molecule has 1 aromatic heterocycles. The number of H-pyrrole nitrogens is 1. The van der Waals surface area contributed by atoms with Gasteiger partial charge < -0.3 is 9.72 Å². The zero-order chi connectivity index (χ0) is 13.3. The first-order chi connectivity index (χ1) is 8.06. The molecule has 0 aliphatic rings. The van der Waals surface area contributed by atoms with Gasteiger partial charge in [0.05, 0.1) is 6.61 Å². The number of nitrogens with one attached hydrogen (secondary N) is 1. The van der Waals surface area contributed by atoms with Gasteiger partial charge in [-0.2, -0.15) is 0 Å². The normalized spacial score (nSPS) is 10.4. The fourth-order valence-corrected chi connectivity index (χ4v) is 1.39. The van der Waals surface area contributed by atoms with Gasteiger partial charge in [-0.1, -0.05) is 26.8 Å². The summed E-state index contributed by atoms with van der Waals surface area (Å²) >= 11 is 0. The van der Waals surface area contributed by atoms with Crippen molar-refractivity contribution in [1.29, 1.82) is 0 Å². The minimum absolute atomic E-state index is 0.0592. The summed E-state index contributed by atoms with van der Waals surface area (Å²) in [6.45, 7) is 7.60. The summed E-state index contributed by atoms with van der Waals surface area (Å²) in [5.74, 6) is 0. The van der Waals surface area contributed by atoms with Gasteiger partial charge in [0.25, 0.3) is 0 Å². The summed E-state index contributed by atoms with van der Waals surface area (Å²) in [7, 11) is 0. The molecule has 0 spiro atoms. The lowest BCUT2D eigenvalue weighted by Gasteiger charge is -2.24. The number of aromatic nitrogens is 1. The largest absolute Gasteiger partial charge is 0.381 e. The van der Waals surface area contributed by atoms with Crippen LogP contribution in [0.15, 0.2) is 23.0 Å². The first-order valence-electron chi connectivity index (χ1n) is 5.67. The zero-order valence-corrected chi connectivity index (χ0v) is 10.8. The second-order valence-corrected chi connectivity index (χ2v) is 4.37. The van der Waals surface area contributed by atoms with Gasteiger partial charge in [-0.05, 0) is 12.5 Å². The Hall–Kier alpha value is -1.53. The Kier molecular flexibility index (Phi) is 7.00. The van der Waals surface area contributed by atoms with E-state index < -0.39 is 0 Å². The smallest absolute Gasteiger partial charge is 0.248 e. The number of rotatable bonds is 5. The summed E-state index contributed by atoms with van der Waals surface area (Å²) in [6.07, 6.45) is 9.02. The molecule has 1 heterocycles. The van der Waals surface area contributed by atoms with Crippen LogP contribution in [0.4, 0.5) is 0 Å². The molecule has 0 aliphatic carbocycles. The molecule has 0 aromatic carbocycles. The Bertz CT molecular complexity index is 390. The maximum Gasteiger partial charge on any atom is 0.248 e. The van der Waals surface area contributed by atoms with Gasteiger partial charge in [0.15, 0.2) is 0 Å². The molecule has 0 radical (unpaired) electrons. The first kappa shape index (κ1) is 15.5. The summed E-state index contributed by atoms with van der Waals surface area (Å²) < 4.78 is 5.52. The molecule has 17 heavy (non-hydrogen) atoms. The van der Waals surface area contributed by atoms with Gasteiger partial charge in [-0.25, -0.2) is 0 Å². The van der Waals surface area contributed by atoms with Crippen molar-refractivity contribution >= 4 is 0 Å². The maximum absolute atomic E-state index is 11.2. The van der Waals surface area contributed by atoms with Crippen LogP contribution < -0.4 is 5.56 Å². The third-order valence-electron chi connectivity index (χ3n) is 2.31. The number of ether oxygens (including phenoxy) is 1. The van der Waals surface area contributed by atoms with E-state index in [0.717, 1.165) is 18.7 Å². The highest BCUT2D eigenvalue weighted by molar-refractivity contribution is 5.14. The summed E-state index contributed by atoms with van der Waals surface area (Å²) in [6, 6.07) is 5.22. The van der Waals surface area contributed by atoms with Crippen LogP contribution in [0.1, 0.15) is 32.9 Å². The summed E-state index contributed by atoms with van der Waals surface area (Å²) in [5, 5.41) is 0. The van der Waals surface area contributed by atoms with Crippen molar-refractivity contribution in [2.24, 2.45) is 0 Å². The number of aromatic amines is 1. The lowest BCUT2D eigenvalue weighted by atomic mass is 9.90. The van der Waals surface area contributed by atoms with Crippen molar-refractivity contribution in [1.82, 2.24) is 4.98 Å². The van der Waals surface area contributed by atoms with E-state index in [-0.39, 0.29) is 11.0 Å². The minimum Gasteiger partial charge on any atom is -0.381 e. The van der Waals surface area contributed by atoms with Gasteiger partial charge in [-0.3, -0.25) is 4.79 Å². The van der Waals surface area contributed by atoms with Gasteiger partial charge in [0, 0.05) is 23.8 Å². The third-order valence-corrected chi connectivity index (χ3v) is 2.31. The summed E-state index contributed by atoms with van der Waals surface area (Å²) in [5.41, 5.74) is 0.720. The van der Waals surface area contributed by atoms with E-state index in [4.69, 9.17) is 4.74 Å². The highest BCUT2D eigenvalue weighted by atomic mass is 16.5. The fraction of sp³-hybridized carbons (Fsp3) is 0.500. The molecular formula is C14H21NO2. The molecule has 0 saturated carbocycles. The molecule has 94 valence electrons. The predicted molar refractivity (Wildman–Crippen MR) is 71.1 cm³/mol. The number of hydrogen-bond acceptors (Lipinski definition) is 2. The quantitative estimate of drug-likeness (QED) is 0.628. The predicted octanol–water partition coefficient (Wildman–Crippen LogP) is 2.33. The van der Waals surface area contributed by atoms with E-state index in [1.54, 1.807) is 6.07 Å². The molecule has 0 unspecified atom stereocenters. The molecule has 0 bridgehead atoms. The van der Waals surface area contributed by atoms with Crippen LogP contribution in [-0.2, 0) is 10.2 Å². The molecule has 1 N–H and O–H groups in total. The van der Waals surface area contributed by atoms with Crippen LogP contribution in [0.3, 0.4) is 0 Å². The second kappa shape index (κ2) is 7.70. The molecule has 0 amide bonds. The average molecular weight is 235 g/mol. The average Bonchev–Trinajstić information content (AvgIpc) is 2.32. The van der Waals surface area contributed by atoms with Crippen molar-refractivity contribution in [2.75, 3.05) is 13.2 Å². The van der Waals surface area contributed by atoms with Crippen LogP contribution >= 0.6 is 0 Å². The Labute approximate surface area is 103 Å². The Morgan fingerprint density at radius 1 is 1.35 bits per heavy atom. The lowest BCUT2D eigenvalue weighted by Crippen LogP contribution is -2.28. The van der Waals surface area contributed by atoms with E-state index in [0.29, 0.717) is 6.61 Å². The van der Waals surface area contributed by atoms with Gasteiger partial charge in [0.2, 0.25) is 5.56 Å². The Morgan fingerprint density at radius 2 is 2.00 bits per heavy atom. The number of pyridine rings is 1. The lowest BCUT2D eigenvalue weighted by molar-refractivity contribution is 0.0937. The summed E-state index contributed by atoms with van der Waals surface area (Å²) in [4.78, 5) is 14.0. The molecule has 0 saturated heterocycles. The van der Waals surface area contributed by atoms with Gasteiger partial charge in [-0.15, -0.1) is 12.8 Å². The van der Waals surface area contributed by atoms with Crippen molar-refractivity contribution in [3.8, 4) is 12.8 Å². The van der Waals surface area contributed by atoms with Crippen molar-refractivity contribution in [2.45, 2.75) is 32.6 Å². The van der Waals surface area contributed by atoms with E-state index in [9.17, 15) is 4.79 Å². The molecular weight excluding hydrogens is 214 g/mol. The van der Waals surface area contributed by atoms with Crippen molar-refractivity contribution in [3.05, 3.63) is 34.2 Å². The van der Waals surface area contributed by atoms with Gasteiger partial charge >= 0.3 is 0 Å². The van der Waals surface area contributed by atoms with Gasteiger partial charge in [0.1, 0.15) is 0 Å². The van der Waals surface area contributed by atoms with Crippen LogP contribution in [0.2, 0.25) is 0 Å². The SMILES string of the molecule is C#C.CCCOCC(C)(C)c1cccc(=O)[nH]1. The molecule has 3 nitrogen and oxygen atoms in total. The van der Waals surface area contributed by atoms with Crippen molar-refractivity contribution in [3.63, 3.8) is 0 Å². The molecule has 0 fully saturated rings. The highest BCUT2D eigenvalue weighted by Crippen LogP contribution is 2.20. The van der Waals surface area contributed by atoms with E-state index in [2.05, 4.69) is 38.6 Å². The fourth-order valence-electron chi connectivity index (χ4n) is 1.39. The monoisotopic (exact) mass is 235 g/mol. The van der Waals surface area contributed by atoms with E-state index in [1.807, 2.05) is 6.07 Å². The Balaban J connectivity index is 0.00000121. The zero-order valence-electron chi connectivity index (χ0n) is 10.8. The standard InChI is InChI=1S/C12H19NO2.C2H2/c1-4-8-15-9-12(2,3)10-6-5-7-11(14)13-10;1-2/h5-7H,4,8-9H2,1-3H3,(H,13,14);1-2H. The maximum atomic E-state index is 11.2. The van der Waals surface area contributed by atoms with E-state index >= 15 is 0 Å². The third kappa shape index (κ3) is 5.37. The first-order valence-corrected chi connectivity index (χ1v) is 5.67. The highest BCUT2D eigenvalue weighted by Gasteiger charge is 2.21. The van der Waals surface area contributed by atoms with E-state index in [1.165, 1.54) is 6.07 Å². The van der Waals surface area contributed by atoms with Crippen LogP contribution in [0.5, 0.6) is 0 Å².